The van der Waals surface area contributed by atoms with Crippen LogP contribution in [0.5, 0.6) is 0 Å². The van der Waals surface area contributed by atoms with Crippen molar-refractivity contribution < 1.29 is 13.6 Å². The first-order valence-electron chi connectivity index (χ1n) is 8.07. The number of halogens is 2. The molecule has 2 aromatic carbocycles. The van der Waals surface area contributed by atoms with Crippen molar-refractivity contribution in [1.82, 2.24) is 4.90 Å². The molecule has 2 aromatic rings. The number of nitrogens with one attached hydrogen (secondary N) is 2. The number of amidine groups is 1. The Hall–Kier alpha value is -2.76. The van der Waals surface area contributed by atoms with Gasteiger partial charge in [0.05, 0.1) is 6.04 Å². The predicted molar refractivity (Wildman–Crippen MR) is 93.0 cm³/mol. The summed E-state index contributed by atoms with van der Waals surface area (Å²) in [6.45, 7) is 0.830. The standard InChI is InChI=1S/C19H19F2N3O/c1-19(20,21)14-7-9-15(10-8-14)23-18(25)24-16(11-12-17(24)22)13-5-3-2-4-6-13/h2-10,16,22H,11-12H2,1H3,(H,23,25). The number of carbonyl (C=O) groups excluding carboxylic acids is 1. The van der Waals surface area contributed by atoms with E-state index in [4.69, 9.17) is 5.41 Å². The summed E-state index contributed by atoms with van der Waals surface area (Å²) in [7, 11) is 0. The molecule has 6 heteroatoms. The number of alkyl halides is 2. The first kappa shape index (κ1) is 17.1. The van der Waals surface area contributed by atoms with Crippen LogP contribution in [0.25, 0.3) is 0 Å². The molecule has 1 fully saturated rings. The van der Waals surface area contributed by atoms with Gasteiger partial charge in [0.15, 0.2) is 0 Å². The molecule has 1 aliphatic rings. The molecule has 1 unspecified atom stereocenters. The van der Waals surface area contributed by atoms with Crippen molar-refractivity contribution in [3.05, 3.63) is 65.7 Å². The van der Waals surface area contributed by atoms with E-state index in [1.54, 1.807) is 0 Å². The maximum Gasteiger partial charge on any atom is 0.327 e. The van der Waals surface area contributed by atoms with Gasteiger partial charge in [0, 0.05) is 24.6 Å². The molecule has 0 aliphatic carbocycles. The second-order valence-electron chi connectivity index (χ2n) is 6.18. The lowest BCUT2D eigenvalue weighted by Gasteiger charge is -2.25. The normalized spacial score (nSPS) is 17.6. The highest BCUT2D eigenvalue weighted by atomic mass is 19.3. The summed E-state index contributed by atoms with van der Waals surface area (Å²) < 4.78 is 26.5. The highest BCUT2D eigenvalue weighted by molar-refractivity contribution is 6.03. The third kappa shape index (κ3) is 3.68. The number of hydrogen-bond donors (Lipinski definition) is 2. The van der Waals surface area contributed by atoms with Gasteiger partial charge in [-0.15, -0.1) is 0 Å². The fourth-order valence-electron chi connectivity index (χ4n) is 3.00. The van der Waals surface area contributed by atoms with Crippen LogP contribution in [0.15, 0.2) is 54.6 Å². The number of amides is 2. The number of likely N-dealkylation sites (tertiary alicyclic amines) is 1. The molecule has 2 amide bonds. The molecule has 0 aromatic heterocycles. The Morgan fingerprint density at radius 2 is 1.80 bits per heavy atom. The van der Waals surface area contributed by atoms with E-state index in [2.05, 4.69) is 5.32 Å². The maximum atomic E-state index is 13.3. The average molecular weight is 343 g/mol. The molecule has 0 radical (unpaired) electrons. The van der Waals surface area contributed by atoms with Crippen LogP contribution in [0.2, 0.25) is 0 Å². The van der Waals surface area contributed by atoms with E-state index in [1.807, 2.05) is 30.3 Å². The summed E-state index contributed by atoms with van der Waals surface area (Å²) in [5, 5.41) is 10.8. The first-order valence-corrected chi connectivity index (χ1v) is 8.07. The lowest BCUT2D eigenvalue weighted by atomic mass is 10.1. The van der Waals surface area contributed by atoms with Crippen LogP contribution in [0.4, 0.5) is 19.3 Å². The van der Waals surface area contributed by atoms with Gasteiger partial charge < -0.3 is 5.32 Å². The Bertz CT molecular complexity index is 770. The summed E-state index contributed by atoms with van der Waals surface area (Å²) in [5.41, 5.74) is 1.28. The molecule has 0 spiro atoms. The Kier molecular flexibility index (Phi) is 4.53. The van der Waals surface area contributed by atoms with E-state index >= 15 is 0 Å². The third-order valence-corrected chi connectivity index (χ3v) is 4.30. The molecule has 130 valence electrons. The van der Waals surface area contributed by atoms with E-state index < -0.39 is 12.0 Å². The molecule has 1 atom stereocenters. The van der Waals surface area contributed by atoms with Gasteiger partial charge in [0.2, 0.25) is 0 Å². The van der Waals surface area contributed by atoms with Crippen molar-refractivity contribution in [1.29, 1.82) is 5.41 Å². The van der Waals surface area contributed by atoms with Gasteiger partial charge in [-0.1, -0.05) is 42.5 Å². The van der Waals surface area contributed by atoms with Gasteiger partial charge in [-0.2, -0.15) is 0 Å². The lowest BCUT2D eigenvalue weighted by molar-refractivity contribution is 0.0175. The van der Waals surface area contributed by atoms with Crippen LogP contribution in [-0.4, -0.2) is 16.8 Å². The number of hydrogen-bond acceptors (Lipinski definition) is 2. The predicted octanol–water partition coefficient (Wildman–Crippen LogP) is 5.14. The maximum absolute atomic E-state index is 13.3. The number of nitrogens with zero attached hydrogens (tertiary/aromatic N) is 1. The zero-order valence-corrected chi connectivity index (χ0v) is 13.8. The van der Waals surface area contributed by atoms with Crippen molar-refractivity contribution in [2.75, 3.05) is 5.32 Å². The van der Waals surface area contributed by atoms with E-state index in [1.165, 1.54) is 29.2 Å². The Labute approximate surface area is 145 Å². The van der Waals surface area contributed by atoms with Crippen LogP contribution in [0.1, 0.15) is 36.9 Å². The summed E-state index contributed by atoms with van der Waals surface area (Å²) in [5.74, 6) is -2.67. The van der Waals surface area contributed by atoms with Gasteiger partial charge >= 0.3 is 6.03 Å². The van der Waals surface area contributed by atoms with Crippen molar-refractivity contribution in [2.45, 2.75) is 31.7 Å². The average Bonchev–Trinajstić information content (AvgIpc) is 2.97. The van der Waals surface area contributed by atoms with Gasteiger partial charge in [0.25, 0.3) is 5.92 Å². The number of anilines is 1. The molecule has 4 nitrogen and oxygen atoms in total. The van der Waals surface area contributed by atoms with Crippen LogP contribution >= 0.6 is 0 Å². The monoisotopic (exact) mass is 343 g/mol. The van der Waals surface area contributed by atoms with E-state index in [0.717, 1.165) is 12.5 Å². The smallest absolute Gasteiger partial charge is 0.307 e. The minimum absolute atomic E-state index is 0.110. The van der Waals surface area contributed by atoms with Crippen molar-refractivity contribution in [2.24, 2.45) is 0 Å². The quantitative estimate of drug-likeness (QED) is 0.796. The number of urea groups is 1. The van der Waals surface area contributed by atoms with Crippen LogP contribution < -0.4 is 5.32 Å². The minimum atomic E-state index is -2.92. The number of carbonyl (C=O) groups is 1. The Morgan fingerprint density at radius 3 is 2.40 bits per heavy atom. The molecule has 25 heavy (non-hydrogen) atoms. The van der Waals surface area contributed by atoms with Crippen LogP contribution in [0.3, 0.4) is 0 Å². The molecule has 0 saturated carbocycles. The Morgan fingerprint density at radius 1 is 1.16 bits per heavy atom. The van der Waals surface area contributed by atoms with Crippen molar-refractivity contribution in [3.8, 4) is 0 Å². The summed E-state index contributed by atoms with van der Waals surface area (Å²) >= 11 is 0. The van der Waals surface area contributed by atoms with Gasteiger partial charge in [-0.3, -0.25) is 10.3 Å². The largest absolute Gasteiger partial charge is 0.327 e. The summed E-state index contributed by atoms with van der Waals surface area (Å²) in [4.78, 5) is 14.0. The summed E-state index contributed by atoms with van der Waals surface area (Å²) in [6, 6.07) is 14.4. The molecule has 2 N–H and O–H groups in total. The number of benzene rings is 2. The second kappa shape index (κ2) is 6.63. The Balaban J connectivity index is 1.76. The zero-order valence-electron chi connectivity index (χ0n) is 13.8. The van der Waals surface area contributed by atoms with Crippen LogP contribution in [0, 0.1) is 5.41 Å². The van der Waals surface area contributed by atoms with Crippen LogP contribution in [-0.2, 0) is 5.92 Å². The lowest BCUT2D eigenvalue weighted by Crippen LogP contribution is -2.37. The molecular weight excluding hydrogens is 324 g/mol. The fraction of sp³-hybridized carbons (Fsp3) is 0.263. The highest BCUT2D eigenvalue weighted by Gasteiger charge is 2.34. The molecule has 1 heterocycles. The van der Waals surface area contributed by atoms with E-state index in [-0.39, 0.29) is 17.4 Å². The highest BCUT2D eigenvalue weighted by Crippen LogP contribution is 2.33. The van der Waals surface area contributed by atoms with Gasteiger partial charge in [-0.05, 0) is 24.1 Å². The van der Waals surface area contributed by atoms with E-state index in [0.29, 0.717) is 18.5 Å². The van der Waals surface area contributed by atoms with Gasteiger partial charge in [0.1, 0.15) is 5.84 Å². The van der Waals surface area contributed by atoms with Gasteiger partial charge in [-0.25, -0.2) is 13.6 Å². The zero-order chi connectivity index (χ0) is 18.0. The third-order valence-electron chi connectivity index (χ3n) is 4.30. The number of rotatable bonds is 3. The molecule has 0 bridgehead atoms. The topological polar surface area (TPSA) is 56.2 Å². The molecular formula is C19H19F2N3O. The minimum Gasteiger partial charge on any atom is -0.307 e. The van der Waals surface area contributed by atoms with E-state index in [9.17, 15) is 13.6 Å². The molecule has 1 aliphatic heterocycles. The fourth-order valence-corrected chi connectivity index (χ4v) is 3.00. The van der Waals surface area contributed by atoms with Crippen molar-refractivity contribution >= 4 is 17.6 Å². The summed E-state index contributed by atoms with van der Waals surface area (Å²) in [6.07, 6.45) is 1.21. The SMILES string of the molecule is CC(F)(F)c1ccc(NC(=O)N2C(=N)CCC2c2ccccc2)cc1. The molecule has 1 saturated heterocycles. The second-order valence-corrected chi connectivity index (χ2v) is 6.18. The van der Waals surface area contributed by atoms with Crippen molar-refractivity contribution in [3.63, 3.8) is 0 Å². The molecule has 3 rings (SSSR count). The first-order chi connectivity index (χ1) is 11.9.